The monoisotopic (exact) mass is 320 g/mol. The molecule has 0 atom stereocenters. The Kier molecular flexibility index (Phi) is 3.86. The SMILES string of the molecule is O=C(CCl)Nc1ccc(-c2nc3ccc(F)cc3s2)cc1. The van der Waals surface area contributed by atoms with Gasteiger partial charge in [0, 0.05) is 11.3 Å². The van der Waals surface area contributed by atoms with E-state index in [-0.39, 0.29) is 17.6 Å². The van der Waals surface area contributed by atoms with Crippen LogP contribution in [-0.4, -0.2) is 16.8 Å². The van der Waals surface area contributed by atoms with Crippen LogP contribution in [0.5, 0.6) is 0 Å². The summed E-state index contributed by atoms with van der Waals surface area (Å²) in [6.45, 7) is 0. The van der Waals surface area contributed by atoms with Gasteiger partial charge in [-0.25, -0.2) is 9.37 Å². The Hall–Kier alpha value is -1.98. The predicted octanol–water partition coefficient (Wildman–Crippen LogP) is 4.28. The van der Waals surface area contributed by atoms with E-state index in [0.29, 0.717) is 5.69 Å². The molecule has 0 aliphatic rings. The maximum absolute atomic E-state index is 13.2. The van der Waals surface area contributed by atoms with Crippen LogP contribution in [0, 0.1) is 5.82 Å². The quantitative estimate of drug-likeness (QED) is 0.732. The molecule has 1 aromatic heterocycles. The average Bonchev–Trinajstić information content (AvgIpc) is 2.90. The highest BCUT2D eigenvalue weighted by atomic mass is 35.5. The van der Waals surface area contributed by atoms with E-state index in [4.69, 9.17) is 11.6 Å². The molecule has 3 nitrogen and oxygen atoms in total. The van der Waals surface area contributed by atoms with E-state index in [1.165, 1.54) is 23.5 Å². The van der Waals surface area contributed by atoms with Gasteiger partial charge in [0.15, 0.2) is 0 Å². The first kappa shape index (κ1) is 14.0. The van der Waals surface area contributed by atoms with Crippen molar-refractivity contribution >= 4 is 44.7 Å². The lowest BCUT2D eigenvalue weighted by Crippen LogP contribution is -2.12. The van der Waals surface area contributed by atoms with Gasteiger partial charge in [0.05, 0.1) is 10.2 Å². The lowest BCUT2D eigenvalue weighted by molar-refractivity contribution is -0.113. The zero-order valence-electron chi connectivity index (χ0n) is 10.8. The summed E-state index contributed by atoms with van der Waals surface area (Å²) in [4.78, 5) is 15.7. The Labute approximate surface area is 129 Å². The highest BCUT2D eigenvalue weighted by Gasteiger charge is 2.07. The summed E-state index contributed by atoms with van der Waals surface area (Å²) in [5, 5.41) is 3.48. The van der Waals surface area contributed by atoms with Crippen molar-refractivity contribution in [2.45, 2.75) is 0 Å². The van der Waals surface area contributed by atoms with Crippen molar-refractivity contribution in [1.82, 2.24) is 4.98 Å². The number of nitrogens with one attached hydrogen (secondary N) is 1. The van der Waals surface area contributed by atoms with Gasteiger partial charge < -0.3 is 5.32 Å². The number of benzene rings is 2. The summed E-state index contributed by atoms with van der Waals surface area (Å²) in [5.74, 6) is -0.595. The molecule has 0 spiro atoms. The van der Waals surface area contributed by atoms with E-state index in [9.17, 15) is 9.18 Å². The molecule has 0 saturated heterocycles. The number of fused-ring (bicyclic) bond motifs is 1. The van der Waals surface area contributed by atoms with E-state index >= 15 is 0 Å². The van der Waals surface area contributed by atoms with Gasteiger partial charge in [-0.15, -0.1) is 22.9 Å². The number of amides is 1. The van der Waals surface area contributed by atoms with Gasteiger partial charge in [-0.05, 0) is 42.5 Å². The van der Waals surface area contributed by atoms with Gasteiger partial charge in [0.1, 0.15) is 16.7 Å². The molecular weight excluding hydrogens is 311 g/mol. The third-order valence-corrected chi connectivity index (χ3v) is 4.20. The second kappa shape index (κ2) is 5.79. The number of thiazole rings is 1. The highest BCUT2D eigenvalue weighted by molar-refractivity contribution is 7.21. The number of nitrogens with zero attached hydrogens (tertiary/aromatic N) is 1. The van der Waals surface area contributed by atoms with Gasteiger partial charge >= 0.3 is 0 Å². The number of carbonyl (C=O) groups is 1. The average molecular weight is 321 g/mol. The number of carbonyl (C=O) groups excluding carboxylic acids is 1. The minimum absolute atomic E-state index is 0.0782. The van der Waals surface area contributed by atoms with Crippen LogP contribution in [0.25, 0.3) is 20.8 Å². The summed E-state index contributed by atoms with van der Waals surface area (Å²) in [5.41, 5.74) is 2.37. The summed E-state index contributed by atoms with van der Waals surface area (Å²) < 4.78 is 14.0. The zero-order chi connectivity index (χ0) is 14.8. The summed E-state index contributed by atoms with van der Waals surface area (Å²) in [6, 6.07) is 11.8. The molecule has 0 saturated carbocycles. The molecule has 0 radical (unpaired) electrons. The zero-order valence-corrected chi connectivity index (χ0v) is 12.3. The van der Waals surface area contributed by atoms with Crippen LogP contribution in [0.2, 0.25) is 0 Å². The minimum Gasteiger partial charge on any atom is -0.325 e. The van der Waals surface area contributed by atoms with Crippen LogP contribution in [0.15, 0.2) is 42.5 Å². The lowest BCUT2D eigenvalue weighted by Gasteiger charge is -2.03. The number of rotatable bonds is 3. The van der Waals surface area contributed by atoms with E-state index in [1.54, 1.807) is 18.2 Å². The van der Waals surface area contributed by atoms with Crippen molar-refractivity contribution in [3.05, 3.63) is 48.3 Å². The van der Waals surface area contributed by atoms with Crippen molar-refractivity contribution in [2.24, 2.45) is 0 Å². The Morgan fingerprint density at radius 3 is 2.71 bits per heavy atom. The van der Waals surface area contributed by atoms with Gasteiger partial charge in [-0.2, -0.15) is 0 Å². The Morgan fingerprint density at radius 2 is 2.00 bits per heavy atom. The second-order valence-electron chi connectivity index (χ2n) is 4.39. The number of anilines is 1. The molecule has 0 aliphatic heterocycles. The van der Waals surface area contributed by atoms with E-state index in [2.05, 4.69) is 10.3 Å². The number of halogens is 2. The maximum atomic E-state index is 13.2. The van der Waals surface area contributed by atoms with E-state index in [0.717, 1.165) is 20.8 Å². The Balaban J connectivity index is 1.90. The molecule has 0 fully saturated rings. The van der Waals surface area contributed by atoms with Gasteiger partial charge in [-0.3, -0.25) is 4.79 Å². The second-order valence-corrected chi connectivity index (χ2v) is 5.69. The standard InChI is InChI=1S/C15H10ClFN2OS/c16-8-14(20)18-11-4-1-9(2-5-11)15-19-12-6-3-10(17)7-13(12)21-15/h1-7H,8H2,(H,18,20). The maximum Gasteiger partial charge on any atom is 0.239 e. The van der Waals surface area contributed by atoms with Gasteiger partial charge in [-0.1, -0.05) is 0 Å². The van der Waals surface area contributed by atoms with Crippen molar-refractivity contribution < 1.29 is 9.18 Å². The smallest absolute Gasteiger partial charge is 0.239 e. The molecule has 3 aromatic rings. The first-order valence-electron chi connectivity index (χ1n) is 6.18. The van der Waals surface area contributed by atoms with Crippen molar-refractivity contribution in [3.63, 3.8) is 0 Å². The number of aromatic nitrogens is 1. The molecule has 106 valence electrons. The Morgan fingerprint density at radius 1 is 1.24 bits per heavy atom. The largest absolute Gasteiger partial charge is 0.325 e. The molecule has 2 aromatic carbocycles. The number of hydrogen-bond acceptors (Lipinski definition) is 3. The summed E-state index contributed by atoms with van der Waals surface area (Å²) in [7, 11) is 0. The van der Waals surface area contributed by atoms with E-state index in [1.807, 2.05) is 12.1 Å². The van der Waals surface area contributed by atoms with Crippen LogP contribution in [0.3, 0.4) is 0 Å². The molecule has 1 heterocycles. The first-order chi connectivity index (χ1) is 10.2. The van der Waals surface area contributed by atoms with Gasteiger partial charge in [0.2, 0.25) is 5.91 Å². The summed E-state index contributed by atoms with van der Waals surface area (Å²) >= 11 is 6.87. The van der Waals surface area contributed by atoms with Crippen LogP contribution >= 0.6 is 22.9 Å². The highest BCUT2D eigenvalue weighted by Crippen LogP contribution is 2.31. The third kappa shape index (κ3) is 3.04. The fraction of sp³-hybridized carbons (Fsp3) is 0.0667. The van der Waals surface area contributed by atoms with Crippen LogP contribution in [-0.2, 0) is 4.79 Å². The predicted molar refractivity (Wildman–Crippen MR) is 84.4 cm³/mol. The normalized spacial score (nSPS) is 10.8. The molecule has 0 bridgehead atoms. The lowest BCUT2D eigenvalue weighted by atomic mass is 10.2. The van der Waals surface area contributed by atoms with Crippen LogP contribution in [0.1, 0.15) is 0 Å². The molecule has 0 unspecified atom stereocenters. The van der Waals surface area contributed by atoms with E-state index < -0.39 is 0 Å². The Bertz CT molecular complexity index is 801. The van der Waals surface area contributed by atoms with Crippen molar-refractivity contribution in [2.75, 3.05) is 11.2 Å². The van der Waals surface area contributed by atoms with Crippen LogP contribution in [0.4, 0.5) is 10.1 Å². The van der Waals surface area contributed by atoms with Crippen molar-refractivity contribution in [3.8, 4) is 10.6 Å². The topological polar surface area (TPSA) is 42.0 Å². The first-order valence-corrected chi connectivity index (χ1v) is 7.53. The molecular formula is C15H10ClFN2OS. The van der Waals surface area contributed by atoms with Crippen LogP contribution < -0.4 is 5.32 Å². The molecule has 1 amide bonds. The third-order valence-electron chi connectivity index (χ3n) is 2.89. The van der Waals surface area contributed by atoms with Crippen molar-refractivity contribution in [1.29, 1.82) is 0 Å². The molecule has 0 aliphatic carbocycles. The number of alkyl halides is 1. The summed E-state index contributed by atoms with van der Waals surface area (Å²) in [6.07, 6.45) is 0. The minimum atomic E-state index is -0.267. The number of hydrogen-bond donors (Lipinski definition) is 1. The fourth-order valence-corrected chi connectivity index (χ4v) is 2.98. The molecule has 3 rings (SSSR count). The fourth-order valence-electron chi connectivity index (χ4n) is 1.91. The molecule has 21 heavy (non-hydrogen) atoms. The molecule has 1 N–H and O–H groups in total. The molecule has 6 heteroatoms. The van der Waals surface area contributed by atoms with Gasteiger partial charge in [0.25, 0.3) is 0 Å².